The Morgan fingerprint density at radius 3 is 2.74 bits per heavy atom. The number of ketones is 1. The predicted molar refractivity (Wildman–Crippen MR) is 150 cm³/mol. The maximum absolute atomic E-state index is 12.2. The quantitative estimate of drug-likeness (QED) is 0.243. The molecule has 8 nitrogen and oxygen atoms in total. The van der Waals surface area contributed by atoms with E-state index in [0.717, 1.165) is 57.7 Å². The molecular weight excluding hydrogens is 518 g/mol. The molecule has 0 atom stereocenters. The van der Waals surface area contributed by atoms with Gasteiger partial charge in [0.05, 0.1) is 37.8 Å². The molecule has 2 aliphatic rings. The van der Waals surface area contributed by atoms with E-state index >= 15 is 0 Å². The van der Waals surface area contributed by atoms with Crippen LogP contribution in [-0.4, -0.2) is 67.2 Å². The van der Waals surface area contributed by atoms with E-state index in [0.29, 0.717) is 63.9 Å². The first-order chi connectivity index (χ1) is 19.0. The molecule has 2 aromatic carbocycles. The van der Waals surface area contributed by atoms with E-state index in [1.165, 1.54) is 12.7 Å². The number of fused-ring (bicyclic) bond motifs is 1. The van der Waals surface area contributed by atoms with E-state index in [1.807, 2.05) is 18.2 Å². The van der Waals surface area contributed by atoms with Crippen molar-refractivity contribution < 1.29 is 23.7 Å². The van der Waals surface area contributed by atoms with E-state index in [2.05, 4.69) is 21.8 Å². The number of hydrogen-bond donors (Lipinski definition) is 0. The summed E-state index contributed by atoms with van der Waals surface area (Å²) in [5.41, 5.74) is 1.89. The van der Waals surface area contributed by atoms with Crippen molar-refractivity contribution in [1.82, 2.24) is 14.9 Å². The molecule has 2 saturated heterocycles. The summed E-state index contributed by atoms with van der Waals surface area (Å²) in [6.45, 7) is 7.72. The fourth-order valence-corrected chi connectivity index (χ4v) is 5.47. The second kappa shape index (κ2) is 12.5. The fraction of sp³-hybridized carbons (Fsp3) is 0.500. The molecule has 9 heteroatoms. The molecule has 2 aliphatic heterocycles. The summed E-state index contributed by atoms with van der Waals surface area (Å²) in [6.07, 6.45) is 6.40. The Kier molecular flexibility index (Phi) is 8.85. The number of ether oxygens (including phenoxy) is 4. The van der Waals surface area contributed by atoms with Crippen molar-refractivity contribution in [2.75, 3.05) is 46.6 Å². The van der Waals surface area contributed by atoms with Gasteiger partial charge in [-0.25, -0.2) is 9.97 Å². The summed E-state index contributed by atoms with van der Waals surface area (Å²) in [7, 11) is 1.61. The predicted octanol–water partition coefficient (Wildman–Crippen LogP) is 5.88. The van der Waals surface area contributed by atoms with Gasteiger partial charge < -0.3 is 23.8 Å². The van der Waals surface area contributed by atoms with E-state index < -0.39 is 0 Å². The first-order valence-corrected chi connectivity index (χ1v) is 14.1. The summed E-state index contributed by atoms with van der Waals surface area (Å²) in [5, 5.41) is 1.19. The van der Waals surface area contributed by atoms with Gasteiger partial charge in [0.25, 0.3) is 0 Å². The van der Waals surface area contributed by atoms with Gasteiger partial charge in [0.1, 0.15) is 17.9 Å². The van der Waals surface area contributed by atoms with Crippen molar-refractivity contribution in [2.24, 2.45) is 5.41 Å². The lowest BCUT2D eigenvalue weighted by Gasteiger charge is -2.37. The Bertz CT molecular complexity index is 1310. The van der Waals surface area contributed by atoms with Gasteiger partial charge in [-0.05, 0) is 49.6 Å². The zero-order valence-electron chi connectivity index (χ0n) is 22.7. The first-order valence-electron chi connectivity index (χ1n) is 13.7. The van der Waals surface area contributed by atoms with Crippen molar-refractivity contribution in [3.8, 4) is 23.1 Å². The SMILES string of the molecule is CCCCC(=O)Cc1ccc(Oc2ncnc3cc(OCCCN4CCC5(COC5)C4)c(OC)cc23)cc1Cl. The van der Waals surface area contributed by atoms with Gasteiger partial charge in [-0.2, -0.15) is 0 Å². The van der Waals surface area contributed by atoms with Gasteiger partial charge in [-0.15, -0.1) is 0 Å². The van der Waals surface area contributed by atoms with Gasteiger partial charge in [-0.3, -0.25) is 4.79 Å². The molecule has 39 heavy (non-hydrogen) atoms. The van der Waals surface area contributed by atoms with Crippen LogP contribution in [0.4, 0.5) is 0 Å². The van der Waals surface area contributed by atoms with Crippen molar-refractivity contribution in [2.45, 2.75) is 45.4 Å². The number of nitrogens with zero attached hydrogens (tertiary/aromatic N) is 3. The molecule has 3 heterocycles. The third kappa shape index (κ3) is 6.62. The van der Waals surface area contributed by atoms with Gasteiger partial charge in [-0.1, -0.05) is 31.0 Å². The number of halogens is 1. The van der Waals surface area contributed by atoms with Crippen molar-refractivity contribution >= 4 is 28.3 Å². The number of benzene rings is 2. The highest BCUT2D eigenvalue weighted by atomic mass is 35.5. The lowest BCUT2D eigenvalue weighted by atomic mass is 9.85. The van der Waals surface area contributed by atoms with Crippen LogP contribution >= 0.6 is 11.6 Å². The van der Waals surface area contributed by atoms with Crippen molar-refractivity contribution in [3.63, 3.8) is 0 Å². The molecule has 1 aromatic heterocycles. The second-order valence-corrected chi connectivity index (χ2v) is 11.0. The molecule has 2 fully saturated rings. The molecule has 0 unspecified atom stereocenters. The minimum Gasteiger partial charge on any atom is -0.493 e. The molecule has 0 bridgehead atoms. The Hall–Kier alpha value is -2.94. The number of aromatic nitrogens is 2. The van der Waals surface area contributed by atoms with E-state index in [9.17, 15) is 4.79 Å². The molecular formula is C30H36ClN3O5. The van der Waals surface area contributed by atoms with E-state index in [1.54, 1.807) is 19.2 Å². The van der Waals surface area contributed by atoms with Crippen LogP contribution in [0.3, 0.4) is 0 Å². The highest BCUT2D eigenvalue weighted by Crippen LogP contribution is 2.38. The van der Waals surface area contributed by atoms with Crippen LogP contribution < -0.4 is 14.2 Å². The minimum atomic E-state index is 0.188. The normalized spacial score (nSPS) is 16.4. The number of carbonyl (C=O) groups is 1. The number of unbranched alkanes of at least 4 members (excludes halogenated alkanes) is 1. The maximum Gasteiger partial charge on any atom is 0.230 e. The smallest absolute Gasteiger partial charge is 0.230 e. The summed E-state index contributed by atoms with van der Waals surface area (Å²) in [5.74, 6) is 2.33. The van der Waals surface area contributed by atoms with Crippen LogP contribution in [0.1, 0.15) is 44.6 Å². The lowest BCUT2D eigenvalue weighted by Crippen LogP contribution is -2.44. The first kappa shape index (κ1) is 27.6. The number of likely N-dealkylation sites (tertiary alicyclic amines) is 1. The number of carbonyl (C=O) groups excluding carboxylic acids is 1. The highest BCUT2D eigenvalue weighted by molar-refractivity contribution is 6.31. The highest BCUT2D eigenvalue weighted by Gasteiger charge is 2.43. The Morgan fingerprint density at radius 1 is 1.15 bits per heavy atom. The number of methoxy groups -OCH3 is 1. The second-order valence-electron chi connectivity index (χ2n) is 10.6. The Morgan fingerprint density at radius 2 is 2.03 bits per heavy atom. The van der Waals surface area contributed by atoms with Crippen LogP contribution in [0.2, 0.25) is 5.02 Å². The van der Waals surface area contributed by atoms with Crippen LogP contribution in [0.25, 0.3) is 10.9 Å². The average molecular weight is 554 g/mol. The lowest BCUT2D eigenvalue weighted by molar-refractivity contribution is -0.118. The fourth-order valence-electron chi connectivity index (χ4n) is 5.23. The van der Waals surface area contributed by atoms with E-state index in [4.69, 9.17) is 30.5 Å². The summed E-state index contributed by atoms with van der Waals surface area (Å²) in [6, 6.07) is 9.05. The van der Waals surface area contributed by atoms with Crippen LogP contribution in [0.15, 0.2) is 36.7 Å². The molecule has 0 amide bonds. The minimum absolute atomic E-state index is 0.188. The van der Waals surface area contributed by atoms with Gasteiger partial charge in [0.15, 0.2) is 11.5 Å². The largest absolute Gasteiger partial charge is 0.493 e. The number of rotatable bonds is 13. The standard InChI is InChI=1S/C30H36ClN3O5/c1-3-4-6-22(35)13-21-7-8-23(14-25(21)31)39-29-24-15-27(36-2)28(16-26(24)32-20-33-29)38-12-5-10-34-11-9-30(17-34)18-37-19-30/h7-8,14-16,20H,3-6,9-13,17-19H2,1-2H3. The summed E-state index contributed by atoms with van der Waals surface area (Å²) in [4.78, 5) is 23.4. The monoisotopic (exact) mass is 553 g/mol. The third-order valence-electron chi connectivity index (χ3n) is 7.53. The molecule has 5 rings (SSSR count). The molecule has 0 saturated carbocycles. The zero-order chi connectivity index (χ0) is 27.2. The molecule has 3 aromatic rings. The zero-order valence-corrected chi connectivity index (χ0v) is 23.5. The number of hydrogen-bond acceptors (Lipinski definition) is 8. The molecule has 1 spiro atoms. The summed E-state index contributed by atoms with van der Waals surface area (Å²) >= 11 is 6.48. The van der Waals surface area contributed by atoms with Gasteiger partial charge in [0.2, 0.25) is 5.88 Å². The van der Waals surface area contributed by atoms with Gasteiger partial charge >= 0.3 is 0 Å². The van der Waals surface area contributed by atoms with Crippen molar-refractivity contribution in [1.29, 1.82) is 0 Å². The van der Waals surface area contributed by atoms with Crippen LogP contribution in [0.5, 0.6) is 23.1 Å². The third-order valence-corrected chi connectivity index (χ3v) is 7.88. The summed E-state index contributed by atoms with van der Waals surface area (Å²) < 4.78 is 23.3. The molecule has 0 N–H and O–H groups in total. The van der Waals surface area contributed by atoms with E-state index in [-0.39, 0.29) is 5.78 Å². The molecule has 0 aliphatic carbocycles. The number of Topliss-reactive ketones (excluding diaryl/α,β-unsaturated/α-hetero) is 1. The molecule has 208 valence electrons. The average Bonchev–Trinajstić information content (AvgIpc) is 3.37. The van der Waals surface area contributed by atoms with Gasteiger partial charge in [0, 0.05) is 42.4 Å². The maximum atomic E-state index is 12.2. The Balaban J connectivity index is 1.22. The van der Waals surface area contributed by atoms with Crippen molar-refractivity contribution in [3.05, 3.63) is 47.2 Å². The topological polar surface area (TPSA) is 83.0 Å². The van der Waals surface area contributed by atoms with Crippen LogP contribution in [0, 0.1) is 5.41 Å². The molecule has 0 radical (unpaired) electrons. The van der Waals surface area contributed by atoms with Crippen LogP contribution in [-0.2, 0) is 16.0 Å². The Labute approximate surface area is 234 Å².